The molecule has 2 aliphatic carbocycles. The van der Waals surface area contributed by atoms with Crippen LogP contribution in [-0.4, -0.2) is 62.3 Å². The van der Waals surface area contributed by atoms with E-state index in [0.29, 0.717) is 26.1 Å². The topological polar surface area (TPSA) is 87.1 Å². The lowest BCUT2D eigenvalue weighted by molar-refractivity contribution is -0.190. The van der Waals surface area contributed by atoms with Crippen LogP contribution in [0.3, 0.4) is 0 Å². The molecule has 1 aromatic rings. The summed E-state index contributed by atoms with van der Waals surface area (Å²) in [6.45, 7) is 1.07. The van der Waals surface area contributed by atoms with Crippen molar-refractivity contribution in [3.05, 3.63) is 24.0 Å². The predicted octanol–water partition coefficient (Wildman–Crippen LogP) is 2.79. The summed E-state index contributed by atoms with van der Waals surface area (Å²) in [5.74, 6) is 1.24. The number of hydrogen-bond acceptors (Lipinski definition) is 7. The van der Waals surface area contributed by atoms with Gasteiger partial charge in [0.1, 0.15) is 18.1 Å². The lowest BCUT2D eigenvalue weighted by Crippen LogP contribution is -2.57. The zero-order valence-electron chi connectivity index (χ0n) is 18.2. The van der Waals surface area contributed by atoms with Crippen LogP contribution in [0.2, 0.25) is 0 Å². The Morgan fingerprint density at radius 2 is 2.00 bits per heavy atom. The number of ketones is 1. The molecular weight excluding hydrogens is 386 g/mol. The van der Waals surface area contributed by atoms with Gasteiger partial charge in [-0.2, -0.15) is 0 Å². The van der Waals surface area contributed by atoms with Crippen LogP contribution in [0.1, 0.15) is 44.2 Å². The average molecular weight is 422 g/mol. The molecule has 3 rings (SSSR count). The minimum Gasteiger partial charge on any atom is -0.493 e. The molecule has 0 saturated heterocycles. The third-order valence-corrected chi connectivity index (χ3v) is 6.31. The second kappa shape index (κ2) is 11.2. The lowest BCUT2D eigenvalue weighted by atomic mass is 9.66. The molecule has 2 saturated carbocycles. The van der Waals surface area contributed by atoms with Crippen LogP contribution < -0.4 is 4.74 Å². The molecule has 7 nitrogen and oxygen atoms in total. The minimum absolute atomic E-state index is 0.00271. The van der Waals surface area contributed by atoms with Gasteiger partial charge in [-0.3, -0.25) is 9.78 Å². The number of Topliss-reactive ketones (excluding diaryl/α,β-unsaturated/α-hetero) is 1. The molecule has 1 aromatic heterocycles. The number of methoxy groups -OCH3 is 2. The van der Waals surface area contributed by atoms with E-state index >= 15 is 0 Å². The summed E-state index contributed by atoms with van der Waals surface area (Å²) in [7, 11) is 3.15. The maximum absolute atomic E-state index is 13.6. The number of aromatic nitrogens is 1. The molecule has 0 radical (unpaired) electrons. The Kier molecular flexibility index (Phi) is 8.62. The SMILES string of the molecule is COCO[C@@]1(Cc2cc(OCCC3CC3)ccn2)C(=O)C(COC)CC[C@H]1CCO. The van der Waals surface area contributed by atoms with Crippen molar-refractivity contribution >= 4 is 5.78 Å². The molecule has 168 valence electrons. The van der Waals surface area contributed by atoms with Gasteiger partial charge in [0.05, 0.1) is 13.2 Å². The summed E-state index contributed by atoms with van der Waals surface area (Å²) in [5.41, 5.74) is -0.357. The zero-order valence-corrected chi connectivity index (χ0v) is 18.2. The molecule has 1 heterocycles. The monoisotopic (exact) mass is 421 g/mol. The molecule has 0 amide bonds. The van der Waals surface area contributed by atoms with Gasteiger partial charge in [-0.1, -0.05) is 12.8 Å². The van der Waals surface area contributed by atoms with Crippen molar-refractivity contribution in [2.75, 3.05) is 40.8 Å². The van der Waals surface area contributed by atoms with E-state index in [1.807, 2.05) is 12.1 Å². The standard InChI is InChI=1S/C23H35NO6/c1-27-15-18-5-6-19(8-11-25)23(22(18)26,30-16-28-2)14-20-13-21(7-10-24-20)29-12-9-17-3-4-17/h7,10,13,17-19,25H,3-6,8-9,11-12,14-16H2,1-2H3/t18?,19-,23+/m0/s1. The molecule has 0 spiro atoms. The second-order valence-electron chi connectivity index (χ2n) is 8.48. The van der Waals surface area contributed by atoms with Crippen LogP contribution in [0.15, 0.2) is 18.3 Å². The Labute approximate surface area is 179 Å². The summed E-state index contributed by atoms with van der Waals surface area (Å²) < 4.78 is 22.5. The van der Waals surface area contributed by atoms with Crippen molar-refractivity contribution in [1.29, 1.82) is 0 Å². The summed E-state index contributed by atoms with van der Waals surface area (Å²) in [4.78, 5) is 18.1. The minimum atomic E-state index is -1.10. The molecule has 2 fully saturated rings. The van der Waals surface area contributed by atoms with E-state index in [9.17, 15) is 9.90 Å². The highest BCUT2D eigenvalue weighted by atomic mass is 16.7. The van der Waals surface area contributed by atoms with Crippen molar-refractivity contribution in [2.45, 2.75) is 50.5 Å². The quantitative estimate of drug-likeness (QED) is 0.490. The van der Waals surface area contributed by atoms with Crippen LogP contribution in [0.5, 0.6) is 5.75 Å². The van der Waals surface area contributed by atoms with Crippen molar-refractivity contribution in [2.24, 2.45) is 17.8 Å². The number of pyridine rings is 1. The Bertz CT molecular complexity index is 679. The van der Waals surface area contributed by atoms with Gasteiger partial charge in [0.25, 0.3) is 0 Å². The van der Waals surface area contributed by atoms with Crippen LogP contribution in [0.25, 0.3) is 0 Å². The number of nitrogens with zero attached hydrogens (tertiary/aromatic N) is 1. The highest BCUT2D eigenvalue weighted by Crippen LogP contribution is 2.41. The number of ether oxygens (including phenoxy) is 4. The van der Waals surface area contributed by atoms with Crippen LogP contribution in [0.4, 0.5) is 0 Å². The summed E-state index contributed by atoms with van der Waals surface area (Å²) >= 11 is 0. The van der Waals surface area contributed by atoms with Gasteiger partial charge >= 0.3 is 0 Å². The number of carbonyl (C=O) groups is 1. The smallest absolute Gasteiger partial charge is 0.170 e. The fourth-order valence-corrected chi connectivity index (χ4v) is 4.50. The van der Waals surface area contributed by atoms with Crippen LogP contribution in [-0.2, 0) is 25.4 Å². The largest absolute Gasteiger partial charge is 0.493 e. The van der Waals surface area contributed by atoms with Gasteiger partial charge in [0.15, 0.2) is 5.78 Å². The Balaban J connectivity index is 1.81. The summed E-state index contributed by atoms with van der Waals surface area (Å²) in [5, 5.41) is 9.63. The molecule has 7 heteroatoms. The van der Waals surface area contributed by atoms with E-state index in [-0.39, 0.29) is 31.0 Å². The maximum atomic E-state index is 13.6. The predicted molar refractivity (Wildman–Crippen MR) is 111 cm³/mol. The first-order valence-corrected chi connectivity index (χ1v) is 11.0. The number of hydrogen-bond donors (Lipinski definition) is 1. The maximum Gasteiger partial charge on any atom is 0.170 e. The van der Waals surface area contributed by atoms with Crippen LogP contribution in [0, 0.1) is 17.8 Å². The second-order valence-corrected chi connectivity index (χ2v) is 8.48. The van der Waals surface area contributed by atoms with Gasteiger partial charge in [-0.25, -0.2) is 0 Å². The zero-order chi connectivity index (χ0) is 21.4. The highest BCUT2D eigenvalue weighted by Gasteiger charge is 2.52. The van der Waals surface area contributed by atoms with E-state index in [0.717, 1.165) is 36.6 Å². The van der Waals surface area contributed by atoms with E-state index < -0.39 is 5.60 Å². The first-order valence-electron chi connectivity index (χ1n) is 11.0. The molecular formula is C23H35NO6. The molecule has 1 unspecified atom stereocenters. The average Bonchev–Trinajstić information content (AvgIpc) is 3.57. The van der Waals surface area contributed by atoms with E-state index in [1.54, 1.807) is 20.4 Å². The fraction of sp³-hybridized carbons (Fsp3) is 0.739. The molecule has 3 atom stereocenters. The molecule has 1 N–H and O–H groups in total. The van der Waals surface area contributed by atoms with Crippen molar-refractivity contribution < 1.29 is 28.8 Å². The number of aliphatic hydroxyl groups is 1. The fourth-order valence-electron chi connectivity index (χ4n) is 4.50. The summed E-state index contributed by atoms with van der Waals surface area (Å²) in [6, 6.07) is 3.74. The van der Waals surface area contributed by atoms with E-state index in [1.165, 1.54) is 12.8 Å². The van der Waals surface area contributed by atoms with Gasteiger partial charge in [0, 0.05) is 51.1 Å². The summed E-state index contributed by atoms with van der Waals surface area (Å²) in [6.07, 6.45) is 7.73. The molecule has 30 heavy (non-hydrogen) atoms. The van der Waals surface area contributed by atoms with E-state index in [2.05, 4.69) is 4.98 Å². The number of aliphatic hydroxyl groups excluding tert-OH is 1. The van der Waals surface area contributed by atoms with Gasteiger partial charge in [-0.15, -0.1) is 0 Å². The third kappa shape index (κ3) is 5.78. The van der Waals surface area contributed by atoms with Crippen molar-refractivity contribution in [3.8, 4) is 5.75 Å². The van der Waals surface area contributed by atoms with Gasteiger partial charge in [-0.05, 0) is 43.6 Å². The van der Waals surface area contributed by atoms with E-state index in [4.69, 9.17) is 18.9 Å². The van der Waals surface area contributed by atoms with Crippen molar-refractivity contribution in [1.82, 2.24) is 4.98 Å². The Morgan fingerprint density at radius 1 is 1.17 bits per heavy atom. The van der Waals surface area contributed by atoms with Crippen LogP contribution >= 0.6 is 0 Å². The lowest BCUT2D eigenvalue weighted by Gasteiger charge is -2.45. The third-order valence-electron chi connectivity index (χ3n) is 6.31. The molecule has 0 aromatic carbocycles. The molecule has 2 aliphatic rings. The van der Waals surface area contributed by atoms with Crippen molar-refractivity contribution in [3.63, 3.8) is 0 Å². The molecule has 0 aliphatic heterocycles. The first-order chi connectivity index (χ1) is 14.6. The number of rotatable bonds is 13. The highest BCUT2D eigenvalue weighted by molar-refractivity contribution is 5.91. The first kappa shape index (κ1) is 23.1. The normalized spacial score (nSPS) is 26.7. The van der Waals surface area contributed by atoms with Gasteiger partial charge < -0.3 is 24.1 Å². The van der Waals surface area contributed by atoms with Gasteiger partial charge in [0.2, 0.25) is 0 Å². The Morgan fingerprint density at radius 3 is 2.70 bits per heavy atom. The molecule has 0 bridgehead atoms. The Hall–Kier alpha value is -1.54. The number of carbonyl (C=O) groups excluding carboxylic acids is 1.